The molecule has 0 unspecified atom stereocenters. The van der Waals surface area contributed by atoms with Crippen LogP contribution in [0.25, 0.3) is 0 Å². The molecular weight excluding hydrogens is 138 g/mol. The zero-order valence-corrected chi connectivity index (χ0v) is 6.75. The van der Waals surface area contributed by atoms with Gasteiger partial charge in [-0.3, -0.25) is 0 Å². The van der Waals surface area contributed by atoms with E-state index in [-0.39, 0.29) is 0 Å². The molecule has 2 rings (SSSR count). The standard InChI is InChI=1S/C9H15NO/c1-2-3-11-9-5-7-4-8(9)10-6-7/h2,7-10H,1,3-6H2/t7-,8-,9-/m0/s1. The third-order valence-electron chi connectivity index (χ3n) is 2.70. The maximum Gasteiger partial charge on any atom is 0.0735 e. The van der Waals surface area contributed by atoms with E-state index in [2.05, 4.69) is 11.9 Å². The van der Waals surface area contributed by atoms with Crippen LogP contribution < -0.4 is 5.32 Å². The Labute approximate surface area is 67.6 Å². The van der Waals surface area contributed by atoms with Gasteiger partial charge in [0.1, 0.15) is 0 Å². The molecular formula is C9H15NO. The maximum atomic E-state index is 5.61. The highest BCUT2D eigenvalue weighted by Crippen LogP contribution is 2.32. The van der Waals surface area contributed by atoms with Crippen molar-refractivity contribution in [2.75, 3.05) is 13.2 Å². The van der Waals surface area contributed by atoms with E-state index < -0.39 is 0 Å². The molecule has 2 fully saturated rings. The Kier molecular flexibility index (Phi) is 1.96. The average molecular weight is 153 g/mol. The molecule has 1 saturated carbocycles. The minimum atomic E-state index is 0.465. The quantitative estimate of drug-likeness (QED) is 0.609. The lowest BCUT2D eigenvalue weighted by Crippen LogP contribution is -2.38. The topological polar surface area (TPSA) is 21.3 Å². The minimum absolute atomic E-state index is 0.465. The molecule has 0 amide bonds. The third-order valence-corrected chi connectivity index (χ3v) is 2.70. The van der Waals surface area contributed by atoms with Gasteiger partial charge in [-0.05, 0) is 25.3 Å². The summed E-state index contributed by atoms with van der Waals surface area (Å²) in [6, 6.07) is 0.639. The predicted octanol–water partition coefficient (Wildman–Crippen LogP) is 0.939. The van der Waals surface area contributed by atoms with Crippen molar-refractivity contribution >= 4 is 0 Å². The first-order valence-corrected chi connectivity index (χ1v) is 4.36. The summed E-state index contributed by atoms with van der Waals surface area (Å²) in [6.07, 6.45) is 4.87. The smallest absolute Gasteiger partial charge is 0.0735 e. The molecule has 1 aliphatic heterocycles. The summed E-state index contributed by atoms with van der Waals surface area (Å²) in [4.78, 5) is 0. The van der Waals surface area contributed by atoms with Crippen molar-refractivity contribution in [1.82, 2.24) is 5.32 Å². The van der Waals surface area contributed by atoms with Gasteiger partial charge in [-0.2, -0.15) is 0 Å². The monoisotopic (exact) mass is 153 g/mol. The van der Waals surface area contributed by atoms with Crippen LogP contribution in [-0.2, 0) is 4.74 Å². The van der Waals surface area contributed by atoms with Gasteiger partial charge >= 0.3 is 0 Å². The highest BCUT2D eigenvalue weighted by molar-refractivity contribution is 4.96. The van der Waals surface area contributed by atoms with E-state index in [1.165, 1.54) is 19.4 Å². The van der Waals surface area contributed by atoms with E-state index in [9.17, 15) is 0 Å². The Bertz CT molecular complexity index is 158. The molecule has 62 valence electrons. The van der Waals surface area contributed by atoms with Gasteiger partial charge in [-0.15, -0.1) is 6.58 Å². The van der Waals surface area contributed by atoms with E-state index in [1.54, 1.807) is 0 Å². The van der Waals surface area contributed by atoms with Crippen LogP contribution in [0.4, 0.5) is 0 Å². The molecule has 0 aromatic rings. The zero-order valence-electron chi connectivity index (χ0n) is 6.75. The molecule has 2 nitrogen and oxygen atoms in total. The zero-order chi connectivity index (χ0) is 7.68. The molecule has 0 spiro atoms. The first kappa shape index (κ1) is 7.32. The molecule has 0 aromatic heterocycles. The largest absolute Gasteiger partial charge is 0.373 e. The predicted molar refractivity (Wildman–Crippen MR) is 44.5 cm³/mol. The van der Waals surface area contributed by atoms with Gasteiger partial charge in [0.2, 0.25) is 0 Å². The summed E-state index contributed by atoms with van der Waals surface area (Å²) in [5, 5.41) is 3.46. The van der Waals surface area contributed by atoms with Crippen molar-refractivity contribution in [2.24, 2.45) is 5.92 Å². The number of rotatable bonds is 3. The van der Waals surface area contributed by atoms with Crippen molar-refractivity contribution in [3.8, 4) is 0 Å². The molecule has 0 aromatic carbocycles. The van der Waals surface area contributed by atoms with Crippen LogP contribution in [0.2, 0.25) is 0 Å². The fourth-order valence-electron chi connectivity index (χ4n) is 2.18. The number of hydrogen-bond acceptors (Lipinski definition) is 2. The fourth-order valence-corrected chi connectivity index (χ4v) is 2.18. The van der Waals surface area contributed by atoms with Crippen LogP contribution in [0.15, 0.2) is 12.7 Å². The summed E-state index contributed by atoms with van der Waals surface area (Å²) in [6.45, 7) is 5.55. The Balaban J connectivity index is 1.83. The molecule has 1 N–H and O–H groups in total. The van der Waals surface area contributed by atoms with Crippen LogP contribution in [0, 0.1) is 5.92 Å². The van der Waals surface area contributed by atoms with E-state index in [0.717, 1.165) is 5.92 Å². The molecule has 1 aliphatic carbocycles. The van der Waals surface area contributed by atoms with Crippen molar-refractivity contribution < 1.29 is 4.74 Å². The molecule has 11 heavy (non-hydrogen) atoms. The summed E-state index contributed by atoms with van der Waals surface area (Å²) >= 11 is 0. The van der Waals surface area contributed by atoms with Crippen molar-refractivity contribution in [3.05, 3.63) is 12.7 Å². The number of piperidine rings is 1. The second-order valence-corrected chi connectivity index (χ2v) is 3.51. The second kappa shape index (κ2) is 2.95. The lowest BCUT2D eigenvalue weighted by Gasteiger charge is -2.22. The third kappa shape index (κ3) is 1.33. The summed E-state index contributed by atoms with van der Waals surface area (Å²) in [5.74, 6) is 0.884. The van der Waals surface area contributed by atoms with Crippen molar-refractivity contribution in [3.63, 3.8) is 0 Å². The second-order valence-electron chi connectivity index (χ2n) is 3.51. The van der Waals surface area contributed by atoms with E-state index in [0.29, 0.717) is 18.8 Å². The Morgan fingerprint density at radius 1 is 1.55 bits per heavy atom. The van der Waals surface area contributed by atoms with Gasteiger partial charge in [0, 0.05) is 6.04 Å². The van der Waals surface area contributed by atoms with Crippen LogP contribution in [0.5, 0.6) is 0 Å². The Morgan fingerprint density at radius 2 is 2.45 bits per heavy atom. The molecule has 3 atom stereocenters. The normalized spacial score (nSPS) is 41.3. The number of nitrogens with one attached hydrogen (secondary N) is 1. The van der Waals surface area contributed by atoms with Gasteiger partial charge in [-0.25, -0.2) is 0 Å². The highest BCUT2D eigenvalue weighted by atomic mass is 16.5. The van der Waals surface area contributed by atoms with Crippen LogP contribution in [-0.4, -0.2) is 25.3 Å². The molecule has 2 heteroatoms. The lowest BCUT2D eigenvalue weighted by molar-refractivity contribution is 0.0492. The Hall–Kier alpha value is -0.340. The van der Waals surface area contributed by atoms with Gasteiger partial charge in [0.05, 0.1) is 12.7 Å². The molecule has 0 radical (unpaired) electrons. The van der Waals surface area contributed by atoms with Crippen LogP contribution in [0.3, 0.4) is 0 Å². The summed E-state index contributed by atoms with van der Waals surface area (Å²) < 4.78 is 5.61. The van der Waals surface area contributed by atoms with Crippen LogP contribution in [0.1, 0.15) is 12.8 Å². The van der Waals surface area contributed by atoms with E-state index in [4.69, 9.17) is 4.74 Å². The highest BCUT2D eigenvalue weighted by Gasteiger charge is 2.39. The van der Waals surface area contributed by atoms with Gasteiger partial charge in [0.15, 0.2) is 0 Å². The number of ether oxygens (including phenoxy) is 1. The van der Waals surface area contributed by atoms with Gasteiger partial charge in [-0.1, -0.05) is 6.08 Å². The van der Waals surface area contributed by atoms with Gasteiger partial charge < -0.3 is 10.1 Å². The summed E-state index contributed by atoms with van der Waals surface area (Å²) in [5.41, 5.74) is 0. The minimum Gasteiger partial charge on any atom is -0.373 e. The lowest BCUT2D eigenvalue weighted by atomic mass is 10.1. The molecule has 1 saturated heterocycles. The number of hydrogen-bond donors (Lipinski definition) is 1. The molecule has 2 aliphatic rings. The number of fused-ring (bicyclic) bond motifs is 2. The summed E-state index contributed by atoms with van der Waals surface area (Å²) in [7, 11) is 0. The average Bonchev–Trinajstić information content (AvgIpc) is 2.60. The van der Waals surface area contributed by atoms with E-state index in [1.807, 2.05) is 6.08 Å². The van der Waals surface area contributed by atoms with Crippen molar-refractivity contribution in [2.45, 2.75) is 25.0 Å². The first-order valence-electron chi connectivity index (χ1n) is 4.36. The van der Waals surface area contributed by atoms with Crippen molar-refractivity contribution in [1.29, 1.82) is 0 Å². The fraction of sp³-hybridized carbons (Fsp3) is 0.778. The van der Waals surface area contributed by atoms with Crippen LogP contribution >= 0.6 is 0 Å². The van der Waals surface area contributed by atoms with E-state index >= 15 is 0 Å². The molecule has 2 bridgehead atoms. The maximum absolute atomic E-state index is 5.61. The SMILES string of the molecule is C=CCO[C@H]1C[C@H]2CN[C@H]1C2. The molecule has 1 heterocycles. The Morgan fingerprint density at radius 3 is 3.00 bits per heavy atom. The van der Waals surface area contributed by atoms with Gasteiger partial charge in [0.25, 0.3) is 0 Å². The first-order chi connectivity index (χ1) is 5.40.